The van der Waals surface area contributed by atoms with E-state index in [4.69, 9.17) is 5.11 Å². The lowest BCUT2D eigenvalue weighted by Gasteiger charge is -2.05. The van der Waals surface area contributed by atoms with Gasteiger partial charge in [-0.25, -0.2) is 14.3 Å². The van der Waals surface area contributed by atoms with Crippen LogP contribution in [0.2, 0.25) is 0 Å². The Morgan fingerprint density at radius 1 is 1.38 bits per heavy atom. The lowest BCUT2D eigenvalue weighted by Crippen LogP contribution is -2.16. The number of aromatic carboxylic acids is 1. The second-order valence-electron chi connectivity index (χ2n) is 4.16. The van der Waals surface area contributed by atoms with Crippen molar-refractivity contribution in [1.29, 1.82) is 0 Å². The maximum Gasteiger partial charge on any atom is 0.353 e. The fraction of sp³-hybridized carbons (Fsp3) is 0.0909. The molecule has 3 aromatic heterocycles. The van der Waals surface area contributed by atoms with Crippen LogP contribution in [0.1, 0.15) is 26.5 Å². The average Bonchev–Trinajstić information content (AvgIpc) is 3.07. The second kappa shape index (κ2) is 4.67. The van der Waals surface area contributed by atoms with E-state index in [1.807, 2.05) is 0 Å². The molecule has 0 saturated heterocycles. The van der Waals surface area contributed by atoms with Crippen LogP contribution in [0.5, 0.6) is 0 Å². The van der Waals surface area contributed by atoms with Crippen molar-refractivity contribution in [2.75, 3.05) is 5.32 Å². The van der Waals surface area contributed by atoms with Crippen LogP contribution in [0.25, 0.3) is 5.78 Å². The summed E-state index contributed by atoms with van der Waals surface area (Å²) in [5.74, 6) is -1.14. The summed E-state index contributed by atoms with van der Waals surface area (Å²) in [5.41, 5.74) is 0.726. The van der Waals surface area contributed by atoms with Crippen LogP contribution < -0.4 is 5.32 Å². The highest BCUT2D eigenvalue weighted by Crippen LogP contribution is 2.11. The highest BCUT2D eigenvalue weighted by Gasteiger charge is 2.16. The van der Waals surface area contributed by atoms with Crippen LogP contribution in [0.3, 0.4) is 0 Å². The number of carboxylic acids is 1. The first-order valence-corrected chi connectivity index (χ1v) is 5.81. The number of carbonyl (C=O) groups excluding carboxylic acids is 1. The van der Waals surface area contributed by atoms with Crippen molar-refractivity contribution in [3.8, 4) is 0 Å². The highest BCUT2D eigenvalue weighted by molar-refractivity contribution is 6.04. The first-order valence-electron chi connectivity index (χ1n) is 5.81. The molecule has 3 rings (SSSR count). The Hall–Kier alpha value is -3.30. The van der Waals surface area contributed by atoms with Crippen molar-refractivity contribution in [3.63, 3.8) is 0 Å². The fourth-order valence-electron chi connectivity index (χ4n) is 1.79. The number of nitrogens with one attached hydrogen (secondary N) is 2. The molecular weight excluding hydrogens is 278 g/mol. The van der Waals surface area contributed by atoms with Gasteiger partial charge in [-0.1, -0.05) is 0 Å². The molecule has 0 aliphatic heterocycles. The van der Waals surface area contributed by atoms with Crippen LogP contribution in [-0.4, -0.2) is 46.8 Å². The molecule has 0 bridgehead atoms. The van der Waals surface area contributed by atoms with E-state index in [2.05, 4.69) is 30.6 Å². The van der Waals surface area contributed by atoms with Gasteiger partial charge < -0.3 is 10.4 Å². The Labute approximate surface area is 116 Å². The minimum absolute atomic E-state index is 0.107. The summed E-state index contributed by atoms with van der Waals surface area (Å²) in [6.45, 7) is 1.70. The third-order valence-corrected chi connectivity index (χ3v) is 2.84. The first kappa shape index (κ1) is 12.7. The lowest BCUT2D eigenvalue weighted by atomic mass is 10.2. The van der Waals surface area contributed by atoms with Crippen molar-refractivity contribution in [3.05, 3.63) is 35.5 Å². The Balaban J connectivity index is 1.89. The standard InChI is InChI=1S/C11H9N7O3/c1-5-6(3-12-11-13-4-14-18(5)11)9(19)15-8-2-7(10(20)21)16-17-8/h2-4H,1H3,(H,20,21)(H2,15,16,17,19). The van der Waals surface area contributed by atoms with Crippen LogP contribution in [0, 0.1) is 6.92 Å². The summed E-state index contributed by atoms with van der Waals surface area (Å²) in [6, 6.07) is 1.22. The average molecular weight is 287 g/mol. The molecule has 106 valence electrons. The summed E-state index contributed by atoms with van der Waals surface area (Å²) >= 11 is 0. The number of carbonyl (C=O) groups is 2. The Bertz CT molecular complexity index is 850. The second-order valence-corrected chi connectivity index (χ2v) is 4.16. The van der Waals surface area contributed by atoms with Gasteiger partial charge in [0.05, 0.1) is 11.3 Å². The SMILES string of the molecule is Cc1c(C(=O)Nc2cc(C(=O)O)[nH]n2)cnc2ncnn12. The largest absolute Gasteiger partial charge is 0.477 e. The predicted molar refractivity (Wildman–Crippen MR) is 69.0 cm³/mol. The summed E-state index contributed by atoms with van der Waals surface area (Å²) < 4.78 is 1.43. The summed E-state index contributed by atoms with van der Waals surface area (Å²) in [5, 5.41) is 21.2. The van der Waals surface area contributed by atoms with Crippen LogP contribution in [0.15, 0.2) is 18.6 Å². The molecule has 10 heteroatoms. The molecule has 10 nitrogen and oxygen atoms in total. The van der Waals surface area contributed by atoms with Crippen molar-refractivity contribution in [1.82, 2.24) is 29.8 Å². The zero-order valence-corrected chi connectivity index (χ0v) is 10.7. The van der Waals surface area contributed by atoms with Gasteiger partial charge in [0.2, 0.25) is 0 Å². The van der Waals surface area contributed by atoms with Gasteiger partial charge >= 0.3 is 5.97 Å². The Kier molecular flexibility index (Phi) is 2.83. The van der Waals surface area contributed by atoms with Crippen molar-refractivity contribution >= 4 is 23.5 Å². The molecule has 0 radical (unpaired) electrons. The van der Waals surface area contributed by atoms with E-state index in [1.54, 1.807) is 6.92 Å². The van der Waals surface area contributed by atoms with Gasteiger partial charge in [0.25, 0.3) is 11.7 Å². The van der Waals surface area contributed by atoms with Crippen LogP contribution in [-0.2, 0) is 0 Å². The molecule has 0 aromatic carbocycles. The van der Waals surface area contributed by atoms with Gasteiger partial charge in [-0.05, 0) is 6.92 Å². The zero-order chi connectivity index (χ0) is 15.0. The molecular formula is C11H9N7O3. The molecule has 3 N–H and O–H groups in total. The van der Waals surface area contributed by atoms with Gasteiger partial charge in [0.15, 0.2) is 5.82 Å². The number of anilines is 1. The summed E-state index contributed by atoms with van der Waals surface area (Å²) in [6.07, 6.45) is 2.71. The summed E-state index contributed by atoms with van der Waals surface area (Å²) in [7, 11) is 0. The van der Waals surface area contributed by atoms with Crippen molar-refractivity contribution in [2.24, 2.45) is 0 Å². The van der Waals surface area contributed by atoms with Gasteiger partial charge in [0.1, 0.15) is 12.0 Å². The molecule has 0 atom stereocenters. The molecule has 0 aliphatic carbocycles. The Morgan fingerprint density at radius 3 is 2.90 bits per heavy atom. The summed E-state index contributed by atoms with van der Waals surface area (Å²) in [4.78, 5) is 30.8. The van der Waals surface area contributed by atoms with E-state index >= 15 is 0 Å². The van der Waals surface area contributed by atoms with Crippen LogP contribution in [0.4, 0.5) is 5.82 Å². The van der Waals surface area contributed by atoms with Gasteiger partial charge in [0, 0.05) is 12.3 Å². The normalized spacial score (nSPS) is 10.7. The number of H-pyrrole nitrogens is 1. The highest BCUT2D eigenvalue weighted by atomic mass is 16.4. The van der Waals surface area contributed by atoms with Crippen LogP contribution >= 0.6 is 0 Å². The number of carboxylic acid groups (broad SMARTS) is 1. The van der Waals surface area contributed by atoms with E-state index in [9.17, 15) is 9.59 Å². The number of amides is 1. The molecule has 21 heavy (non-hydrogen) atoms. The molecule has 0 fully saturated rings. The number of aromatic nitrogens is 6. The van der Waals surface area contributed by atoms with Crippen molar-refractivity contribution < 1.29 is 14.7 Å². The zero-order valence-electron chi connectivity index (χ0n) is 10.7. The van der Waals surface area contributed by atoms with E-state index in [1.165, 1.54) is 23.1 Å². The first-order chi connectivity index (χ1) is 10.1. The number of hydrogen-bond donors (Lipinski definition) is 3. The molecule has 3 heterocycles. The van der Waals surface area contributed by atoms with E-state index < -0.39 is 11.9 Å². The van der Waals surface area contributed by atoms with E-state index in [-0.39, 0.29) is 17.1 Å². The lowest BCUT2D eigenvalue weighted by molar-refractivity contribution is 0.0690. The third-order valence-electron chi connectivity index (χ3n) is 2.84. The smallest absolute Gasteiger partial charge is 0.353 e. The predicted octanol–water partition coefficient (Wildman–Crippen LogP) is 0.106. The number of aryl methyl sites for hydroxylation is 1. The maximum absolute atomic E-state index is 12.2. The Morgan fingerprint density at radius 2 is 2.19 bits per heavy atom. The number of hydrogen-bond acceptors (Lipinski definition) is 6. The minimum atomic E-state index is -1.16. The minimum Gasteiger partial charge on any atom is -0.477 e. The molecule has 3 aromatic rings. The third kappa shape index (κ3) is 2.18. The van der Waals surface area contributed by atoms with E-state index in [0.29, 0.717) is 11.5 Å². The maximum atomic E-state index is 12.2. The fourth-order valence-corrected chi connectivity index (χ4v) is 1.79. The molecule has 0 aliphatic rings. The molecule has 1 amide bonds. The number of rotatable bonds is 3. The quantitative estimate of drug-likeness (QED) is 0.621. The van der Waals surface area contributed by atoms with Gasteiger partial charge in [-0.3, -0.25) is 9.89 Å². The molecule has 0 saturated carbocycles. The number of fused-ring (bicyclic) bond motifs is 1. The molecule has 0 spiro atoms. The van der Waals surface area contributed by atoms with E-state index in [0.717, 1.165) is 0 Å². The monoisotopic (exact) mass is 287 g/mol. The molecule has 0 unspecified atom stereocenters. The van der Waals surface area contributed by atoms with Gasteiger partial charge in [-0.15, -0.1) is 0 Å². The topological polar surface area (TPSA) is 138 Å². The number of aromatic amines is 1. The van der Waals surface area contributed by atoms with Gasteiger partial charge in [-0.2, -0.15) is 15.2 Å². The van der Waals surface area contributed by atoms with Crippen molar-refractivity contribution in [2.45, 2.75) is 6.92 Å². The number of nitrogens with zero attached hydrogens (tertiary/aromatic N) is 5.